The van der Waals surface area contributed by atoms with Crippen LogP contribution in [0.25, 0.3) is 0 Å². The lowest BCUT2D eigenvalue weighted by atomic mass is 9.91. The van der Waals surface area contributed by atoms with Gasteiger partial charge in [-0.2, -0.15) is 13.2 Å². The molecule has 1 aliphatic heterocycles. The summed E-state index contributed by atoms with van der Waals surface area (Å²) in [5.41, 5.74) is -0.670. The van der Waals surface area contributed by atoms with Gasteiger partial charge in [0.15, 0.2) is 4.90 Å². The van der Waals surface area contributed by atoms with Gasteiger partial charge in [0.25, 0.3) is 0 Å². The fraction of sp³-hybridized carbons (Fsp3) is 0.682. The molecule has 1 fully saturated rings. The van der Waals surface area contributed by atoms with Gasteiger partial charge in [-0.25, -0.2) is 4.79 Å². The van der Waals surface area contributed by atoms with E-state index in [1.165, 1.54) is 12.3 Å². The van der Waals surface area contributed by atoms with Crippen LogP contribution in [0.2, 0.25) is 0 Å². The van der Waals surface area contributed by atoms with Crippen LogP contribution in [0.15, 0.2) is 23.1 Å². The third-order valence-corrected chi connectivity index (χ3v) is 6.23. The van der Waals surface area contributed by atoms with Crippen molar-refractivity contribution in [2.75, 3.05) is 19.3 Å². The fourth-order valence-electron chi connectivity index (χ4n) is 3.70. The van der Waals surface area contributed by atoms with Crippen LogP contribution in [0.3, 0.4) is 0 Å². The second kappa shape index (κ2) is 10.3. The van der Waals surface area contributed by atoms with E-state index in [0.717, 1.165) is 38.2 Å². The summed E-state index contributed by atoms with van der Waals surface area (Å²) in [7, 11) is 0. The summed E-state index contributed by atoms with van der Waals surface area (Å²) >= 11 is -1.68. The average molecular weight is 448 g/mol. The Labute approximate surface area is 180 Å². The number of aryl methyl sites for hydroxylation is 1. The largest absolute Gasteiger partial charge is 0.612 e. The van der Waals surface area contributed by atoms with Crippen molar-refractivity contribution in [1.29, 1.82) is 0 Å². The van der Waals surface area contributed by atoms with Crippen molar-refractivity contribution >= 4 is 17.3 Å². The van der Waals surface area contributed by atoms with Gasteiger partial charge in [-0.15, -0.1) is 0 Å². The number of rotatable bonds is 6. The van der Waals surface area contributed by atoms with Crippen molar-refractivity contribution in [1.82, 2.24) is 4.90 Å². The van der Waals surface area contributed by atoms with Crippen LogP contribution in [-0.2, 0) is 28.5 Å². The molecule has 0 aromatic heterocycles. The Kier molecular flexibility index (Phi) is 8.51. The van der Waals surface area contributed by atoms with Crippen molar-refractivity contribution in [3.63, 3.8) is 0 Å². The summed E-state index contributed by atoms with van der Waals surface area (Å²) in [6, 6.07) is 4.11. The third kappa shape index (κ3) is 7.69. The highest BCUT2D eigenvalue weighted by molar-refractivity contribution is 7.90. The number of amides is 1. The van der Waals surface area contributed by atoms with Crippen LogP contribution in [-0.4, -0.2) is 40.5 Å². The zero-order chi connectivity index (χ0) is 22.5. The number of ether oxygens (including phenoxy) is 1. The minimum atomic E-state index is -4.50. The van der Waals surface area contributed by atoms with Crippen molar-refractivity contribution in [3.05, 3.63) is 29.3 Å². The van der Waals surface area contributed by atoms with Crippen LogP contribution < -0.4 is 0 Å². The van der Waals surface area contributed by atoms with Gasteiger partial charge < -0.3 is 14.2 Å². The number of likely N-dealkylation sites (tertiary alicyclic amines) is 1. The van der Waals surface area contributed by atoms with E-state index in [1.807, 2.05) is 20.8 Å². The Morgan fingerprint density at radius 2 is 1.83 bits per heavy atom. The Bertz CT molecular complexity index is 709. The quantitative estimate of drug-likeness (QED) is 0.409. The van der Waals surface area contributed by atoms with Crippen molar-refractivity contribution < 1.29 is 27.3 Å². The number of halogens is 3. The minimum absolute atomic E-state index is 0.164. The molecule has 1 aliphatic rings. The van der Waals surface area contributed by atoms with E-state index in [1.54, 1.807) is 11.0 Å². The molecule has 8 heteroatoms. The maximum absolute atomic E-state index is 13.2. The molecule has 30 heavy (non-hydrogen) atoms. The molecule has 1 atom stereocenters. The summed E-state index contributed by atoms with van der Waals surface area (Å²) < 4.78 is 56.7. The molecule has 1 saturated heterocycles. The zero-order valence-corrected chi connectivity index (χ0v) is 19.0. The number of piperidine rings is 1. The van der Waals surface area contributed by atoms with Gasteiger partial charge >= 0.3 is 12.3 Å². The minimum Gasteiger partial charge on any atom is -0.612 e. The summed E-state index contributed by atoms with van der Waals surface area (Å²) in [6.45, 7) is 6.92. The van der Waals surface area contributed by atoms with Gasteiger partial charge in [0.2, 0.25) is 0 Å². The lowest BCUT2D eigenvalue weighted by Crippen LogP contribution is -2.41. The summed E-state index contributed by atoms with van der Waals surface area (Å²) in [6.07, 6.45) is 1.65. The first kappa shape index (κ1) is 24.9. The predicted molar refractivity (Wildman–Crippen MR) is 112 cm³/mol. The smallest absolute Gasteiger partial charge is 0.421 e. The summed E-state index contributed by atoms with van der Waals surface area (Å²) in [5, 5.41) is 0. The fourth-order valence-corrected chi connectivity index (χ4v) is 4.44. The predicted octanol–water partition coefficient (Wildman–Crippen LogP) is 5.80. The van der Waals surface area contributed by atoms with Crippen molar-refractivity contribution in [2.24, 2.45) is 5.92 Å². The van der Waals surface area contributed by atoms with E-state index in [2.05, 4.69) is 0 Å². The molecule has 1 aromatic carbocycles. The molecule has 0 radical (unpaired) electrons. The molecule has 0 N–H and O–H groups in total. The van der Waals surface area contributed by atoms with Crippen LogP contribution >= 0.6 is 0 Å². The molecule has 2 rings (SSSR count). The first-order valence-electron chi connectivity index (χ1n) is 10.4. The zero-order valence-electron chi connectivity index (χ0n) is 18.2. The van der Waals surface area contributed by atoms with Crippen LogP contribution in [0.5, 0.6) is 0 Å². The number of benzene rings is 1. The monoisotopic (exact) mass is 447 g/mol. The molecule has 1 heterocycles. The number of carbonyl (C=O) groups is 1. The Balaban J connectivity index is 1.77. The van der Waals surface area contributed by atoms with E-state index in [0.29, 0.717) is 31.0 Å². The van der Waals surface area contributed by atoms with Crippen LogP contribution in [0.1, 0.15) is 64.0 Å². The number of nitrogens with zero attached hydrogens (tertiary/aromatic N) is 1. The first-order valence-corrected chi connectivity index (χ1v) is 11.9. The first-order chi connectivity index (χ1) is 13.9. The number of carbonyl (C=O) groups excluding carboxylic acids is 1. The summed E-state index contributed by atoms with van der Waals surface area (Å²) in [5.74, 6) is 0.527. The highest BCUT2D eigenvalue weighted by Crippen LogP contribution is 2.35. The Morgan fingerprint density at radius 3 is 2.37 bits per heavy atom. The third-order valence-electron chi connectivity index (χ3n) is 5.25. The molecule has 170 valence electrons. The Hall–Kier alpha value is -1.41. The van der Waals surface area contributed by atoms with Crippen LogP contribution in [0.4, 0.5) is 18.0 Å². The number of alkyl halides is 3. The van der Waals surface area contributed by atoms with Gasteiger partial charge in [-0.3, -0.25) is 0 Å². The van der Waals surface area contributed by atoms with Gasteiger partial charge in [-0.1, -0.05) is 18.9 Å². The average Bonchev–Trinajstić information content (AvgIpc) is 2.63. The number of hydrogen-bond donors (Lipinski definition) is 0. The van der Waals surface area contributed by atoms with E-state index >= 15 is 0 Å². The van der Waals surface area contributed by atoms with Crippen LogP contribution in [0, 0.1) is 5.92 Å². The molecule has 0 bridgehead atoms. The molecule has 4 nitrogen and oxygen atoms in total. The lowest BCUT2D eigenvalue weighted by Gasteiger charge is -2.33. The van der Waals surface area contributed by atoms with Crippen molar-refractivity contribution in [3.8, 4) is 0 Å². The normalized spacial score (nSPS) is 17.1. The topological polar surface area (TPSA) is 52.6 Å². The van der Waals surface area contributed by atoms with Gasteiger partial charge in [0.05, 0.1) is 0 Å². The second-order valence-electron chi connectivity index (χ2n) is 8.94. The van der Waals surface area contributed by atoms with E-state index in [9.17, 15) is 22.5 Å². The van der Waals surface area contributed by atoms with Crippen molar-refractivity contribution in [2.45, 2.75) is 76.0 Å². The maximum Gasteiger partial charge on any atom is 0.421 e. The second-order valence-corrected chi connectivity index (χ2v) is 10.3. The highest BCUT2D eigenvalue weighted by Gasteiger charge is 2.37. The standard InChI is InChI=1S/C22H32F3NO3S/c1-21(2,3)29-20(27)26-13-11-16(12-14-26)7-5-6-8-17-9-10-19(30(4)28)18(15-17)22(23,24)25/h9-10,15-16H,5-8,11-14H2,1-4H3. The summed E-state index contributed by atoms with van der Waals surface area (Å²) in [4.78, 5) is 13.7. The molecule has 0 saturated carbocycles. The SMILES string of the molecule is C[S+]([O-])c1ccc(CCCCC2CCN(C(=O)OC(C)(C)C)CC2)cc1C(F)(F)F. The van der Waals surface area contributed by atoms with E-state index in [-0.39, 0.29) is 11.0 Å². The van der Waals surface area contributed by atoms with Gasteiger partial charge in [-0.05, 0) is 81.2 Å². The number of hydrogen-bond acceptors (Lipinski definition) is 3. The van der Waals surface area contributed by atoms with E-state index < -0.39 is 28.5 Å². The molecule has 0 aliphatic carbocycles. The Morgan fingerprint density at radius 1 is 1.20 bits per heavy atom. The maximum atomic E-state index is 13.2. The molecule has 1 unspecified atom stereocenters. The molecular formula is C22H32F3NO3S. The molecule has 1 aromatic rings. The lowest BCUT2D eigenvalue weighted by molar-refractivity contribution is -0.139. The van der Waals surface area contributed by atoms with Gasteiger partial charge in [0, 0.05) is 13.1 Å². The highest BCUT2D eigenvalue weighted by atomic mass is 32.2. The van der Waals surface area contributed by atoms with E-state index in [4.69, 9.17) is 4.74 Å². The molecular weight excluding hydrogens is 415 g/mol. The molecule has 0 spiro atoms. The molecule has 1 amide bonds. The van der Waals surface area contributed by atoms with Gasteiger partial charge in [0.1, 0.15) is 17.4 Å². The number of unbranched alkanes of at least 4 members (excludes halogenated alkanes) is 1.